The van der Waals surface area contributed by atoms with E-state index in [2.05, 4.69) is 23.5 Å². The van der Waals surface area contributed by atoms with Crippen molar-refractivity contribution in [2.75, 3.05) is 26.2 Å². The lowest BCUT2D eigenvalue weighted by atomic mass is 9.64. The summed E-state index contributed by atoms with van der Waals surface area (Å²) < 4.78 is 8.56. The molecule has 2 bridgehead atoms. The van der Waals surface area contributed by atoms with Crippen LogP contribution in [0.15, 0.2) is 79.9 Å². The van der Waals surface area contributed by atoms with Gasteiger partial charge in [-0.1, -0.05) is 66.8 Å². The molecule has 3 fully saturated rings. The molecule has 3 aromatic rings. The molecule has 0 radical (unpaired) electrons. The van der Waals surface area contributed by atoms with Crippen molar-refractivity contribution in [1.82, 2.24) is 29.7 Å². The van der Waals surface area contributed by atoms with Crippen LogP contribution in [-0.2, 0) is 32.3 Å². The van der Waals surface area contributed by atoms with Crippen molar-refractivity contribution in [2.24, 2.45) is 11.8 Å². The van der Waals surface area contributed by atoms with Crippen LogP contribution >= 0.6 is 0 Å². The van der Waals surface area contributed by atoms with E-state index in [-0.39, 0.29) is 44.1 Å². The van der Waals surface area contributed by atoms with Crippen LogP contribution < -0.4 is 0 Å². The standard InChI is InChI=1S/C34H40N6O5/c1-4-18-37(22-24-12-8-7-9-13-24)30(42)27-28-31(43)39(20-21-41)29(34(28)17-16-33(27,6-3)45-34)32(44)38(19-5-2)23-40-26-15-11-10-14-25(26)35-36-40/h4-5,7-15,27-29,41H,1-2,6,16-23H2,3H3/t27-,28+,29?,33+,34?/m1/s1. The van der Waals surface area contributed by atoms with E-state index in [0.29, 0.717) is 37.9 Å². The number of amides is 3. The van der Waals surface area contributed by atoms with E-state index in [0.717, 1.165) is 11.1 Å². The summed E-state index contributed by atoms with van der Waals surface area (Å²) in [7, 11) is 0. The van der Waals surface area contributed by atoms with Crippen LogP contribution in [0, 0.1) is 11.8 Å². The quantitative estimate of drug-likeness (QED) is 0.295. The Morgan fingerprint density at radius 2 is 1.76 bits per heavy atom. The van der Waals surface area contributed by atoms with Crippen molar-refractivity contribution in [1.29, 1.82) is 0 Å². The van der Waals surface area contributed by atoms with Crippen LogP contribution in [0.1, 0.15) is 31.7 Å². The van der Waals surface area contributed by atoms with Gasteiger partial charge >= 0.3 is 0 Å². The van der Waals surface area contributed by atoms with E-state index in [1.54, 1.807) is 26.6 Å². The minimum Gasteiger partial charge on any atom is -0.395 e. The number of benzene rings is 2. The maximum Gasteiger partial charge on any atom is 0.250 e. The first-order chi connectivity index (χ1) is 21.8. The Morgan fingerprint density at radius 3 is 2.47 bits per heavy atom. The zero-order valence-electron chi connectivity index (χ0n) is 25.6. The number of nitrogens with zero attached hydrogens (tertiary/aromatic N) is 6. The second kappa shape index (κ2) is 12.2. The third-order valence-corrected chi connectivity index (χ3v) is 9.79. The summed E-state index contributed by atoms with van der Waals surface area (Å²) in [5, 5.41) is 18.5. The number of aliphatic hydroxyl groups is 1. The van der Waals surface area contributed by atoms with Crippen molar-refractivity contribution in [3.63, 3.8) is 0 Å². The molecule has 5 atom stereocenters. The number of likely N-dealkylation sites (tertiary alicyclic amines) is 1. The molecule has 3 amide bonds. The number of carbonyl (C=O) groups is 3. The molecule has 0 saturated carbocycles. The molecule has 0 aliphatic carbocycles. The number of fused-ring (bicyclic) bond motifs is 2. The molecule has 4 heterocycles. The van der Waals surface area contributed by atoms with E-state index in [4.69, 9.17) is 4.74 Å². The Hall–Kier alpha value is -4.35. The average Bonchev–Trinajstić information content (AvgIpc) is 3.78. The molecule has 1 spiro atoms. The maximum absolute atomic E-state index is 14.7. The number of para-hydroxylation sites is 1. The van der Waals surface area contributed by atoms with E-state index in [1.165, 1.54) is 4.90 Å². The molecular weight excluding hydrogens is 572 g/mol. The summed E-state index contributed by atoms with van der Waals surface area (Å²) in [6.45, 7) is 10.3. The normalized spacial score (nSPS) is 26.7. The van der Waals surface area contributed by atoms with Crippen LogP contribution in [-0.4, -0.2) is 96.0 Å². The molecule has 1 N–H and O–H groups in total. The summed E-state index contributed by atoms with van der Waals surface area (Å²) in [6.07, 6.45) is 4.83. The summed E-state index contributed by atoms with van der Waals surface area (Å²) in [4.78, 5) is 48.3. The molecule has 2 aromatic carbocycles. The van der Waals surface area contributed by atoms with E-state index >= 15 is 0 Å². The number of aromatic nitrogens is 3. The number of carbonyl (C=O) groups excluding carboxylic acids is 3. The highest BCUT2D eigenvalue weighted by Gasteiger charge is 2.79. The first-order valence-corrected chi connectivity index (χ1v) is 15.6. The van der Waals surface area contributed by atoms with Gasteiger partial charge in [-0.15, -0.1) is 18.3 Å². The molecule has 236 valence electrons. The van der Waals surface area contributed by atoms with Crippen molar-refractivity contribution in [2.45, 2.75) is 56.6 Å². The van der Waals surface area contributed by atoms with Gasteiger partial charge in [0.1, 0.15) is 23.8 Å². The van der Waals surface area contributed by atoms with Gasteiger partial charge < -0.3 is 24.5 Å². The van der Waals surface area contributed by atoms with Crippen LogP contribution in [0.4, 0.5) is 0 Å². The van der Waals surface area contributed by atoms with Gasteiger partial charge in [0.15, 0.2) is 0 Å². The van der Waals surface area contributed by atoms with Crippen molar-refractivity contribution in [3.8, 4) is 0 Å². The molecular formula is C34H40N6O5. The molecule has 11 heteroatoms. The largest absolute Gasteiger partial charge is 0.395 e. The van der Waals surface area contributed by atoms with E-state index < -0.39 is 29.1 Å². The second-order valence-corrected chi connectivity index (χ2v) is 12.1. The SMILES string of the molecule is C=CCN(Cn1nnc2ccccc21)C(=O)C1N(CCO)C(=O)[C@@H]2[C@H](C(=O)N(CC=C)Cc3ccccc3)[C@]3(CC)CCC12O3. The van der Waals surface area contributed by atoms with E-state index in [1.807, 2.05) is 61.5 Å². The fourth-order valence-electron chi connectivity index (χ4n) is 7.84. The number of aliphatic hydroxyl groups excluding tert-OH is 1. The first kappa shape index (κ1) is 30.7. The van der Waals surface area contributed by atoms with Crippen LogP contribution in [0.3, 0.4) is 0 Å². The Labute approximate surface area is 262 Å². The van der Waals surface area contributed by atoms with Crippen molar-refractivity contribution >= 4 is 28.8 Å². The summed E-state index contributed by atoms with van der Waals surface area (Å²) >= 11 is 0. The minimum atomic E-state index is -1.21. The zero-order chi connectivity index (χ0) is 31.8. The van der Waals surface area contributed by atoms with Gasteiger partial charge in [0.05, 0.1) is 29.6 Å². The third-order valence-electron chi connectivity index (χ3n) is 9.79. The summed E-state index contributed by atoms with van der Waals surface area (Å²) in [5.41, 5.74) is 0.326. The maximum atomic E-state index is 14.7. The fourth-order valence-corrected chi connectivity index (χ4v) is 7.84. The van der Waals surface area contributed by atoms with Gasteiger partial charge in [0.2, 0.25) is 17.7 Å². The van der Waals surface area contributed by atoms with Crippen LogP contribution in [0.25, 0.3) is 11.0 Å². The van der Waals surface area contributed by atoms with Gasteiger partial charge in [-0.25, -0.2) is 4.68 Å². The lowest BCUT2D eigenvalue weighted by molar-refractivity contribution is -0.156. The van der Waals surface area contributed by atoms with E-state index in [9.17, 15) is 19.5 Å². The molecule has 45 heavy (non-hydrogen) atoms. The summed E-state index contributed by atoms with van der Waals surface area (Å²) in [6, 6.07) is 16.2. The van der Waals surface area contributed by atoms with Crippen molar-refractivity contribution in [3.05, 3.63) is 85.5 Å². The van der Waals surface area contributed by atoms with Crippen LogP contribution in [0.5, 0.6) is 0 Å². The van der Waals surface area contributed by atoms with Crippen molar-refractivity contribution < 1.29 is 24.2 Å². The molecule has 1 aromatic heterocycles. The smallest absolute Gasteiger partial charge is 0.250 e. The predicted molar refractivity (Wildman–Crippen MR) is 167 cm³/mol. The number of hydrogen-bond acceptors (Lipinski definition) is 7. The third kappa shape index (κ3) is 4.94. The first-order valence-electron chi connectivity index (χ1n) is 15.6. The van der Waals surface area contributed by atoms with Crippen LogP contribution in [0.2, 0.25) is 0 Å². The molecule has 2 unspecified atom stereocenters. The molecule has 3 aliphatic rings. The summed E-state index contributed by atoms with van der Waals surface area (Å²) in [5.74, 6) is -2.50. The number of rotatable bonds is 13. The predicted octanol–water partition coefficient (Wildman–Crippen LogP) is 2.77. The molecule has 3 saturated heterocycles. The lowest BCUT2D eigenvalue weighted by Gasteiger charge is -2.37. The number of ether oxygens (including phenoxy) is 1. The highest BCUT2D eigenvalue weighted by molar-refractivity contribution is 5.99. The zero-order valence-corrected chi connectivity index (χ0v) is 25.6. The van der Waals surface area contributed by atoms with Gasteiger partial charge in [-0.2, -0.15) is 0 Å². The number of β-amino-alcohol motifs (C(OH)–C–C–N with tert-alkyl or cyclic N) is 1. The molecule has 3 aliphatic heterocycles. The fraction of sp³-hybridized carbons (Fsp3) is 0.441. The highest BCUT2D eigenvalue weighted by atomic mass is 16.5. The lowest BCUT2D eigenvalue weighted by Crippen LogP contribution is -2.57. The van der Waals surface area contributed by atoms with Gasteiger partial charge in [-0.05, 0) is 37.0 Å². The van der Waals surface area contributed by atoms with Gasteiger partial charge in [0, 0.05) is 26.2 Å². The van der Waals surface area contributed by atoms with Gasteiger partial charge in [0.25, 0.3) is 0 Å². The number of hydrogen-bond donors (Lipinski definition) is 1. The molecule has 6 rings (SSSR count). The minimum absolute atomic E-state index is 0.0501. The second-order valence-electron chi connectivity index (χ2n) is 12.1. The highest BCUT2D eigenvalue weighted by Crippen LogP contribution is 2.64. The monoisotopic (exact) mass is 612 g/mol. The Morgan fingerprint density at radius 1 is 1.04 bits per heavy atom. The Kier molecular flexibility index (Phi) is 8.32. The van der Waals surface area contributed by atoms with Gasteiger partial charge in [-0.3, -0.25) is 14.4 Å². The molecule has 11 nitrogen and oxygen atoms in total. The Bertz CT molecular complexity index is 1610. The average molecular weight is 613 g/mol. The Balaban J connectivity index is 1.37. The topological polar surface area (TPSA) is 121 Å².